The third kappa shape index (κ3) is 5.42. The van der Waals surface area contributed by atoms with Crippen LogP contribution in [0.1, 0.15) is 13.3 Å². The van der Waals surface area contributed by atoms with Gasteiger partial charge in [0, 0.05) is 17.2 Å². The standard InChI is InChI=1S/C20H21ClFN3O3S/c1-2-7-27-14-5-3-12(4-6-14)19-24-25-20(29-19)15-8-17(22)18(9-16(15)21)28-11-13(23)10-26/h3-6,8-9,13,26H,2,7,10-11,23H2,1H3. The topological polar surface area (TPSA) is 90.5 Å². The summed E-state index contributed by atoms with van der Waals surface area (Å²) in [4.78, 5) is 0. The van der Waals surface area contributed by atoms with Crippen LogP contribution in [0, 0.1) is 5.82 Å². The van der Waals surface area contributed by atoms with Gasteiger partial charge in [-0.25, -0.2) is 4.39 Å². The second-order valence-corrected chi connectivity index (χ2v) is 7.69. The van der Waals surface area contributed by atoms with Gasteiger partial charge in [0.15, 0.2) is 11.6 Å². The van der Waals surface area contributed by atoms with Gasteiger partial charge in [-0.1, -0.05) is 29.9 Å². The number of hydrogen-bond acceptors (Lipinski definition) is 7. The molecule has 3 N–H and O–H groups in total. The molecule has 154 valence electrons. The minimum Gasteiger partial charge on any atom is -0.494 e. The van der Waals surface area contributed by atoms with Gasteiger partial charge in [-0.3, -0.25) is 0 Å². The highest BCUT2D eigenvalue weighted by molar-refractivity contribution is 7.18. The van der Waals surface area contributed by atoms with Crippen LogP contribution in [0.3, 0.4) is 0 Å². The predicted octanol–water partition coefficient (Wildman–Crippen LogP) is 4.15. The maximum Gasteiger partial charge on any atom is 0.165 e. The number of aromatic nitrogens is 2. The molecule has 0 radical (unpaired) electrons. The summed E-state index contributed by atoms with van der Waals surface area (Å²) in [6, 6.07) is 9.59. The molecule has 1 heterocycles. The second-order valence-electron chi connectivity index (χ2n) is 6.30. The SMILES string of the molecule is CCCOc1ccc(-c2nnc(-c3cc(F)c(OCC(N)CO)cc3Cl)s2)cc1. The molecule has 0 aliphatic heterocycles. The largest absolute Gasteiger partial charge is 0.494 e. The third-order valence-corrected chi connectivity index (χ3v) is 5.26. The van der Waals surface area contributed by atoms with Crippen molar-refractivity contribution in [2.45, 2.75) is 19.4 Å². The first-order valence-corrected chi connectivity index (χ1v) is 10.3. The van der Waals surface area contributed by atoms with Crippen molar-refractivity contribution >= 4 is 22.9 Å². The van der Waals surface area contributed by atoms with E-state index < -0.39 is 11.9 Å². The quantitative estimate of drug-likeness (QED) is 0.522. The summed E-state index contributed by atoms with van der Waals surface area (Å²) in [6.45, 7) is 2.43. The summed E-state index contributed by atoms with van der Waals surface area (Å²) in [6.07, 6.45) is 0.941. The minimum absolute atomic E-state index is 0.0238. The molecule has 3 rings (SSSR count). The maximum atomic E-state index is 14.4. The molecule has 0 fully saturated rings. The van der Waals surface area contributed by atoms with Crippen LogP contribution in [-0.2, 0) is 0 Å². The molecule has 1 atom stereocenters. The molecule has 2 aromatic carbocycles. The monoisotopic (exact) mass is 437 g/mol. The molecule has 0 bridgehead atoms. The van der Waals surface area contributed by atoms with Crippen molar-refractivity contribution in [3.05, 3.63) is 47.2 Å². The fourth-order valence-electron chi connectivity index (χ4n) is 2.41. The van der Waals surface area contributed by atoms with Crippen molar-refractivity contribution in [3.63, 3.8) is 0 Å². The molecule has 0 amide bonds. The van der Waals surface area contributed by atoms with Crippen LogP contribution in [-0.4, -0.2) is 41.2 Å². The van der Waals surface area contributed by atoms with Gasteiger partial charge in [0.1, 0.15) is 22.4 Å². The van der Waals surface area contributed by atoms with E-state index in [1.165, 1.54) is 23.5 Å². The van der Waals surface area contributed by atoms with Crippen molar-refractivity contribution in [1.82, 2.24) is 10.2 Å². The van der Waals surface area contributed by atoms with Crippen LogP contribution in [0.15, 0.2) is 36.4 Å². The zero-order valence-corrected chi connectivity index (χ0v) is 17.3. The zero-order chi connectivity index (χ0) is 20.8. The van der Waals surface area contributed by atoms with Crippen LogP contribution >= 0.6 is 22.9 Å². The van der Waals surface area contributed by atoms with E-state index in [9.17, 15) is 4.39 Å². The fraction of sp³-hybridized carbons (Fsp3) is 0.300. The van der Waals surface area contributed by atoms with Gasteiger partial charge < -0.3 is 20.3 Å². The first-order valence-electron chi connectivity index (χ1n) is 9.07. The van der Waals surface area contributed by atoms with Crippen molar-refractivity contribution in [3.8, 4) is 32.6 Å². The highest BCUT2D eigenvalue weighted by Crippen LogP contribution is 2.37. The van der Waals surface area contributed by atoms with E-state index in [-0.39, 0.29) is 24.0 Å². The molecule has 6 nitrogen and oxygen atoms in total. The summed E-state index contributed by atoms with van der Waals surface area (Å²) in [5.74, 6) is 0.167. The molecular weight excluding hydrogens is 417 g/mol. The Bertz CT molecular complexity index is 953. The van der Waals surface area contributed by atoms with E-state index in [1.807, 2.05) is 31.2 Å². The Morgan fingerprint density at radius 2 is 1.90 bits per heavy atom. The lowest BCUT2D eigenvalue weighted by molar-refractivity contribution is 0.202. The average molecular weight is 438 g/mol. The number of nitrogens with zero attached hydrogens (tertiary/aromatic N) is 2. The highest BCUT2D eigenvalue weighted by Gasteiger charge is 2.16. The average Bonchev–Trinajstić information content (AvgIpc) is 3.22. The van der Waals surface area contributed by atoms with Crippen LogP contribution in [0.25, 0.3) is 21.1 Å². The molecule has 0 aliphatic rings. The van der Waals surface area contributed by atoms with Crippen molar-refractivity contribution < 1.29 is 19.0 Å². The van der Waals surface area contributed by atoms with Gasteiger partial charge >= 0.3 is 0 Å². The van der Waals surface area contributed by atoms with E-state index in [2.05, 4.69) is 10.2 Å². The van der Waals surface area contributed by atoms with Gasteiger partial charge in [0.25, 0.3) is 0 Å². The van der Waals surface area contributed by atoms with Gasteiger partial charge in [-0.05, 0) is 36.8 Å². The van der Waals surface area contributed by atoms with Crippen LogP contribution in [0.5, 0.6) is 11.5 Å². The number of nitrogens with two attached hydrogens (primary N) is 1. The van der Waals surface area contributed by atoms with Crippen molar-refractivity contribution in [2.75, 3.05) is 19.8 Å². The molecular formula is C20H21ClFN3O3S. The Balaban J connectivity index is 1.78. The number of rotatable bonds is 9. The highest BCUT2D eigenvalue weighted by atomic mass is 35.5. The number of aliphatic hydroxyl groups is 1. The van der Waals surface area contributed by atoms with Crippen LogP contribution in [0.4, 0.5) is 4.39 Å². The second kappa shape index (κ2) is 9.98. The number of aliphatic hydroxyl groups excluding tert-OH is 1. The molecule has 29 heavy (non-hydrogen) atoms. The number of hydrogen-bond donors (Lipinski definition) is 2. The van der Waals surface area contributed by atoms with E-state index >= 15 is 0 Å². The zero-order valence-electron chi connectivity index (χ0n) is 15.8. The lowest BCUT2D eigenvalue weighted by Crippen LogP contribution is -2.31. The Morgan fingerprint density at radius 3 is 2.59 bits per heavy atom. The lowest BCUT2D eigenvalue weighted by atomic mass is 10.2. The van der Waals surface area contributed by atoms with Gasteiger partial charge in [-0.2, -0.15) is 0 Å². The van der Waals surface area contributed by atoms with Crippen molar-refractivity contribution in [1.29, 1.82) is 0 Å². The summed E-state index contributed by atoms with van der Waals surface area (Å²) in [5, 5.41) is 18.7. The summed E-state index contributed by atoms with van der Waals surface area (Å²) in [5.41, 5.74) is 6.87. The summed E-state index contributed by atoms with van der Waals surface area (Å²) < 4.78 is 25.3. The molecule has 0 saturated heterocycles. The number of halogens is 2. The van der Waals surface area contributed by atoms with Crippen molar-refractivity contribution in [2.24, 2.45) is 5.73 Å². The van der Waals surface area contributed by atoms with Crippen LogP contribution in [0.2, 0.25) is 5.02 Å². The number of benzene rings is 2. The predicted molar refractivity (Wildman–Crippen MR) is 112 cm³/mol. The third-order valence-electron chi connectivity index (χ3n) is 3.94. The molecule has 1 aromatic heterocycles. The van der Waals surface area contributed by atoms with Gasteiger partial charge in [0.05, 0.1) is 24.3 Å². The Hall–Kier alpha value is -2.26. The fourth-order valence-corrected chi connectivity index (χ4v) is 3.59. The van der Waals surface area contributed by atoms with Gasteiger partial charge in [0.2, 0.25) is 0 Å². The van der Waals surface area contributed by atoms with Gasteiger partial charge in [-0.15, -0.1) is 10.2 Å². The Morgan fingerprint density at radius 1 is 1.17 bits per heavy atom. The minimum atomic E-state index is -0.600. The Kier molecular flexibility index (Phi) is 7.38. The maximum absolute atomic E-state index is 14.4. The van der Waals surface area contributed by atoms with E-state index in [0.29, 0.717) is 22.2 Å². The Labute approximate surface area is 177 Å². The smallest absolute Gasteiger partial charge is 0.165 e. The number of ether oxygens (including phenoxy) is 2. The molecule has 0 saturated carbocycles. The molecule has 1 unspecified atom stereocenters. The molecule has 3 aromatic rings. The van der Waals surface area contributed by atoms with E-state index in [0.717, 1.165) is 17.7 Å². The first kappa shape index (κ1) is 21.4. The molecule has 0 aliphatic carbocycles. The summed E-state index contributed by atoms with van der Waals surface area (Å²) >= 11 is 7.61. The summed E-state index contributed by atoms with van der Waals surface area (Å²) in [7, 11) is 0. The lowest BCUT2D eigenvalue weighted by Gasteiger charge is -2.12. The van der Waals surface area contributed by atoms with Crippen LogP contribution < -0.4 is 15.2 Å². The molecule has 0 spiro atoms. The first-order chi connectivity index (χ1) is 14.0. The normalized spacial score (nSPS) is 12.0. The van der Waals surface area contributed by atoms with E-state index in [1.54, 1.807) is 0 Å². The molecule has 9 heteroatoms. The van der Waals surface area contributed by atoms with E-state index in [4.69, 9.17) is 31.9 Å².